The predicted octanol–water partition coefficient (Wildman–Crippen LogP) is 6.79. The van der Waals surface area contributed by atoms with Crippen LogP contribution in [0.25, 0.3) is 0 Å². The lowest BCUT2D eigenvalue weighted by Crippen LogP contribution is -2.14. The molecule has 1 aromatic rings. The summed E-state index contributed by atoms with van der Waals surface area (Å²) in [5, 5.41) is 0. The van der Waals surface area contributed by atoms with E-state index in [0.717, 1.165) is 24.2 Å². The van der Waals surface area contributed by atoms with E-state index in [4.69, 9.17) is 4.74 Å². The van der Waals surface area contributed by atoms with Gasteiger partial charge in [-0.3, -0.25) is 0 Å². The molecule has 0 heterocycles. The van der Waals surface area contributed by atoms with Crippen molar-refractivity contribution in [2.24, 2.45) is 11.8 Å². The van der Waals surface area contributed by atoms with Crippen LogP contribution in [0.3, 0.4) is 0 Å². The Morgan fingerprint density at radius 2 is 1.57 bits per heavy atom. The molecule has 0 radical (unpaired) electrons. The van der Waals surface area contributed by atoms with Crippen molar-refractivity contribution in [2.75, 3.05) is 6.61 Å². The molecule has 0 amide bonds. The summed E-state index contributed by atoms with van der Waals surface area (Å²) in [5.41, 5.74) is 1.44. The van der Waals surface area contributed by atoms with Crippen molar-refractivity contribution in [1.82, 2.24) is 0 Å². The second-order valence-corrected chi connectivity index (χ2v) is 7.39. The highest BCUT2D eigenvalue weighted by molar-refractivity contribution is 5.27. The molecule has 1 aliphatic rings. The van der Waals surface area contributed by atoms with Gasteiger partial charge in [0.25, 0.3) is 0 Å². The summed E-state index contributed by atoms with van der Waals surface area (Å²) in [6, 6.07) is 8.76. The first-order chi connectivity index (χ1) is 11.3. The fourth-order valence-corrected chi connectivity index (χ4v) is 3.82. The van der Waals surface area contributed by atoms with Crippen molar-refractivity contribution >= 4 is 0 Å². The normalized spacial score (nSPS) is 21.3. The van der Waals surface area contributed by atoms with Gasteiger partial charge >= 0.3 is 0 Å². The van der Waals surface area contributed by atoms with Crippen molar-refractivity contribution in [3.05, 3.63) is 29.8 Å². The number of unbranched alkanes of at least 4 members (excludes halogenated alkanes) is 2. The summed E-state index contributed by atoms with van der Waals surface area (Å²) in [6.07, 6.45) is 14.9. The smallest absolute Gasteiger partial charge is 0.119 e. The number of rotatable bonds is 10. The summed E-state index contributed by atoms with van der Waals surface area (Å²) < 4.78 is 5.92. The predicted molar refractivity (Wildman–Crippen MR) is 100 cm³/mol. The summed E-state index contributed by atoms with van der Waals surface area (Å²) >= 11 is 0. The van der Waals surface area contributed by atoms with Crippen LogP contribution in [0, 0.1) is 11.8 Å². The zero-order valence-corrected chi connectivity index (χ0v) is 15.4. The van der Waals surface area contributed by atoms with Crippen molar-refractivity contribution in [3.8, 4) is 5.75 Å². The van der Waals surface area contributed by atoms with Crippen LogP contribution in [0.4, 0.5) is 0 Å². The molecule has 2 rings (SSSR count). The number of ether oxygens (including phenoxy) is 1. The summed E-state index contributed by atoms with van der Waals surface area (Å²) in [7, 11) is 0. The van der Waals surface area contributed by atoms with Crippen LogP contribution in [-0.2, 0) is 6.42 Å². The van der Waals surface area contributed by atoms with E-state index >= 15 is 0 Å². The van der Waals surface area contributed by atoms with Crippen LogP contribution in [0.1, 0.15) is 83.6 Å². The summed E-state index contributed by atoms with van der Waals surface area (Å²) in [5.74, 6) is 3.01. The van der Waals surface area contributed by atoms with Crippen molar-refractivity contribution in [2.45, 2.75) is 84.5 Å². The van der Waals surface area contributed by atoms with Gasteiger partial charge in [-0.05, 0) is 55.2 Å². The van der Waals surface area contributed by atoms with Gasteiger partial charge in [0, 0.05) is 0 Å². The first-order valence-corrected chi connectivity index (χ1v) is 10.0. The molecule has 0 atom stereocenters. The lowest BCUT2D eigenvalue weighted by atomic mass is 9.79. The van der Waals surface area contributed by atoms with Crippen LogP contribution >= 0.6 is 0 Å². The minimum absolute atomic E-state index is 0.878. The first kappa shape index (κ1) is 18.4. The topological polar surface area (TPSA) is 9.23 Å². The fraction of sp³-hybridized carbons (Fsp3) is 0.727. The Balaban J connectivity index is 1.57. The standard InChI is InChI=1S/C22H36O/c1-3-5-6-8-20-14-16-22(17-15-20)23-18-7-9-21-12-10-19(4-2)11-13-21/h14-17,19,21H,3-13,18H2,1-2H3. The number of benzene rings is 1. The zero-order chi connectivity index (χ0) is 16.3. The van der Waals surface area contributed by atoms with Gasteiger partial charge in [0.15, 0.2) is 0 Å². The lowest BCUT2D eigenvalue weighted by molar-refractivity contribution is 0.234. The molecule has 0 unspecified atom stereocenters. The Morgan fingerprint density at radius 1 is 0.870 bits per heavy atom. The van der Waals surface area contributed by atoms with Gasteiger partial charge in [-0.1, -0.05) is 70.9 Å². The molecule has 0 aromatic heterocycles. The van der Waals surface area contributed by atoms with Gasteiger partial charge in [0.1, 0.15) is 5.75 Å². The molecular weight excluding hydrogens is 280 g/mol. The van der Waals surface area contributed by atoms with E-state index in [1.54, 1.807) is 0 Å². The number of hydrogen-bond acceptors (Lipinski definition) is 1. The molecule has 1 nitrogen and oxygen atoms in total. The van der Waals surface area contributed by atoms with Gasteiger partial charge in [0.05, 0.1) is 6.61 Å². The van der Waals surface area contributed by atoms with E-state index < -0.39 is 0 Å². The minimum Gasteiger partial charge on any atom is -0.494 e. The molecule has 0 aliphatic heterocycles. The third-order valence-corrected chi connectivity index (χ3v) is 5.56. The molecular formula is C22H36O. The summed E-state index contributed by atoms with van der Waals surface area (Å²) in [6.45, 7) is 5.48. The second kappa shape index (κ2) is 10.7. The molecule has 130 valence electrons. The van der Waals surface area contributed by atoms with Gasteiger partial charge in [0.2, 0.25) is 0 Å². The van der Waals surface area contributed by atoms with Crippen molar-refractivity contribution in [3.63, 3.8) is 0 Å². The molecule has 1 saturated carbocycles. The monoisotopic (exact) mass is 316 g/mol. The van der Waals surface area contributed by atoms with Gasteiger partial charge in [-0.2, -0.15) is 0 Å². The maximum atomic E-state index is 5.92. The average molecular weight is 317 g/mol. The highest BCUT2D eigenvalue weighted by Gasteiger charge is 2.19. The fourth-order valence-electron chi connectivity index (χ4n) is 3.82. The molecule has 0 N–H and O–H groups in total. The van der Waals surface area contributed by atoms with E-state index in [0.29, 0.717) is 0 Å². The largest absolute Gasteiger partial charge is 0.494 e. The third-order valence-electron chi connectivity index (χ3n) is 5.56. The van der Waals surface area contributed by atoms with Gasteiger partial charge < -0.3 is 4.74 Å². The highest BCUT2D eigenvalue weighted by atomic mass is 16.5. The Kier molecular flexibility index (Phi) is 8.57. The Bertz CT molecular complexity index is 400. The molecule has 0 bridgehead atoms. The Morgan fingerprint density at radius 3 is 2.22 bits per heavy atom. The molecule has 0 spiro atoms. The molecule has 1 fully saturated rings. The Hall–Kier alpha value is -0.980. The van der Waals surface area contributed by atoms with E-state index in [9.17, 15) is 0 Å². The molecule has 1 aliphatic carbocycles. The van der Waals surface area contributed by atoms with Crippen LogP contribution in [0.2, 0.25) is 0 Å². The lowest BCUT2D eigenvalue weighted by Gasteiger charge is -2.27. The van der Waals surface area contributed by atoms with Gasteiger partial charge in [-0.25, -0.2) is 0 Å². The molecule has 0 saturated heterocycles. The average Bonchev–Trinajstić information content (AvgIpc) is 2.61. The van der Waals surface area contributed by atoms with E-state index in [1.165, 1.54) is 76.2 Å². The van der Waals surface area contributed by atoms with Crippen LogP contribution in [0.5, 0.6) is 5.75 Å². The van der Waals surface area contributed by atoms with Crippen molar-refractivity contribution < 1.29 is 4.74 Å². The van der Waals surface area contributed by atoms with Crippen molar-refractivity contribution in [1.29, 1.82) is 0 Å². The molecule has 1 aromatic carbocycles. The number of hydrogen-bond donors (Lipinski definition) is 0. The van der Waals surface area contributed by atoms with E-state index in [1.807, 2.05) is 0 Å². The zero-order valence-electron chi connectivity index (χ0n) is 15.4. The number of aryl methyl sites for hydroxylation is 1. The second-order valence-electron chi connectivity index (χ2n) is 7.39. The summed E-state index contributed by atoms with van der Waals surface area (Å²) in [4.78, 5) is 0. The molecule has 23 heavy (non-hydrogen) atoms. The van der Waals surface area contributed by atoms with E-state index in [-0.39, 0.29) is 0 Å². The first-order valence-electron chi connectivity index (χ1n) is 10.0. The van der Waals surface area contributed by atoms with Crippen LogP contribution < -0.4 is 4.74 Å². The van der Waals surface area contributed by atoms with Crippen LogP contribution in [-0.4, -0.2) is 6.61 Å². The van der Waals surface area contributed by atoms with Crippen LogP contribution in [0.15, 0.2) is 24.3 Å². The van der Waals surface area contributed by atoms with Gasteiger partial charge in [-0.15, -0.1) is 0 Å². The Labute approximate surface area is 143 Å². The third kappa shape index (κ3) is 6.97. The van der Waals surface area contributed by atoms with E-state index in [2.05, 4.69) is 38.1 Å². The minimum atomic E-state index is 0.878. The maximum absolute atomic E-state index is 5.92. The molecule has 1 heteroatoms. The quantitative estimate of drug-likeness (QED) is 0.431. The SMILES string of the molecule is CCCCCc1ccc(OCCCC2CCC(CC)CC2)cc1. The highest BCUT2D eigenvalue weighted by Crippen LogP contribution is 2.32. The maximum Gasteiger partial charge on any atom is 0.119 e.